The Hall–Kier alpha value is -2.82. The molecule has 2 aromatic rings. The van der Waals surface area contributed by atoms with Crippen LogP contribution < -0.4 is 5.43 Å². The van der Waals surface area contributed by atoms with Gasteiger partial charge in [-0.3, -0.25) is 4.79 Å². The van der Waals surface area contributed by atoms with E-state index in [1.165, 1.54) is 30.5 Å². The van der Waals surface area contributed by atoms with E-state index in [9.17, 15) is 15.0 Å². The highest BCUT2D eigenvalue weighted by atomic mass is 16.3. The number of benzene rings is 2. The van der Waals surface area contributed by atoms with Gasteiger partial charge in [-0.25, -0.2) is 5.43 Å². The molecule has 0 heterocycles. The van der Waals surface area contributed by atoms with Crippen LogP contribution in [0.2, 0.25) is 0 Å². The zero-order valence-electron chi connectivity index (χ0n) is 9.95. The van der Waals surface area contributed by atoms with Crippen LogP contribution in [-0.2, 0) is 0 Å². The molecule has 0 unspecified atom stereocenters. The van der Waals surface area contributed by atoms with Crippen LogP contribution in [0.25, 0.3) is 0 Å². The van der Waals surface area contributed by atoms with E-state index >= 15 is 0 Å². The fourth-order valence-electron chi connectivity index (χ4n) is 1.50. The Morgan fingerprint density at radius 1 is 1.11 bits per heavy atom. The minimum atomic E-state index is -0.505. The van der Waals surface area contributed by atoms with Gasteiger partial charge in [-0.15, -0.1) is 0 Å². The molecule has 2 rings (SSSR count). The first-order valence-corrected chi connectivity index (χ1v) is 5.57. The zero-order valence-corrected chi connectivity index (χ0v) is 9.95. The third kappa shape index (κ3) is 3.32. The van der Waals surface area contributed by atoms with Crippen molar-refractivity contribution in [2.24, 2.45) is 5.10 Å². The average Bonchev–Trinajstić information content (AvgIpc) is 2.39. The van der Waals surface area contributed by atoms with Gasteiger partial charge in [0.25, 0.3) is 5.91 Å². The summed E-state index contributed by atoms with van der Waals surface area (Å²) in [4.78, 5) is 11.7. The van der Waals surface area contributed by atoms with Gasteiger partial charge in [0.15, 0.2) is 0 Å². The molecule has 2 aromatic carbocycles. The van der Waals surface area contributed by atoms with Crippen LogP contribution in [0.3, 0.4) is 0 Å². The van der Waals surface area contributed by atoms with Crippen molar-refractivity contribution in [1.82, 2.24) is 5.43 Å². The number of carbonyl (C=O) groups is 1. The van der Waals surface area contributed by atoms with Gasteiger partial charge in [-0.1, -0.05) is 24.3 Å². The van der Waals surface area contributed by atoms with E-state index in [1.54, 1.807) is 24.3 Å². The molecule has 0 aliphatic heterocycles. The number of phenols is 2. The second-order valence-electron chi connectivity index (χ2n) is 3.81. The third-order valence-corrected chi connectivity index (χ3v) is 2.40. The molecule has 19 heavy (non-hydrogen) atoms. The fraction of sp³-hybridized carbons (Fsp3) is 0. The number of nitrogens with zero attached hydrogens (tertiary/aromatic N) is 1. The van der Waals surface area contributed by atoms with Crippen molar-refractivity contribution in [3.8, 4) is 11.5 Å². The molecule has 0 fully saturated rings. The van der Waals surface area contributed by atoms with Crippen LogP contribution in [-0.4, -0.2) is 22.3 Å². The Labute approximate surface area is 109 Å². The maximum atomic E-state index is 11.7. The molecule has 0 saturated carbocycles. The summed E-state index contributed by atoms with van der Waals surface area (Å²) in [6.07, 6.45) is 1.40. The summed E-state index contributed by atoms with van der Waals surface area (Å²) in [6, 6.07) is 12.6. The first-order valence-electron chi connectivity index (χ1n) is 5.57. The standard InChI is InChI=1S/C14H12N2O3/c17-11-5-3-4-10(8-11)9-15-16-14(19)12-6-1-2-7-13(12)18/h1-9,17-18H,(H,16,19). The van der Waals surface area contributed by atoms with E-state index in [2.05, 4.69) is 10.5 Å². The Balaban J connectivity index is 2.03. The number of nitrogens with one attached hydrogen (secondary N) is 1. The first-order chi connectivity index (χ1) is 9.16. The summed E-state index contributed by atoms with van der Waals surface area (Å²) in [6.45, 7) is 0. The number of phenolic OH excluding ortho intramolecular Hbond substituents is 2. The SMILES string of the molecule is O=C(NN=Cc1cccc(O)c1)c1ccccc1O. The Morgan fingerprint density at radius 2 is 1.89 bits per heavy atom. The van der Waals surface area contributed by atoms with Crippen molar-refractivity contribution >= 4 is 12.1 Å². The summed E-state index contributed by atoms with van der Waals surface area (Å²) in [5, 5.41) is 22.5. The maximum absolute atomic E-state index is 11.7. The fourth-order valence-corrected chi connectivity index (χ4v) is 1.50. The predicted molar refractivity (Wildman–Crippen MR) is 71.3 cm³/mol. The van der Waals surface area contributed by atoms with Crippen LogP contribution in [0.5, 0.6) is 11.5 Å². The van der Waals surface area contributed by atoms with Crippen molar-refractivity contribution in [3.05, 3.63) is 59.7 Å². The summed E-state index contributed by atoms with van der Waals surface area (Å²) in [5.74, 6) is -0.488. The highest BCUT2D eigenvalue weighted by Gasteiger charge is 2.08. The topological polar surface area (TPSA) is 81.9 Å². The number of hydrogen-bond acceptors (Lipinski definition) is 4. The average molecular weight is 256 g/mol. The van der Waals surface area contributed by atoms with Gasteiger partial charge in [0.2, 0.25) is 0 Å². The summed E-state index contributed by atoms with van der Waals surface area (Å²) >= 11 is 0. The minimum Gasteiger partial charge on any atom is -0.508 e. The monoisotopic (exact) mass is 256 g/mol. The lowest BCUT2D eigenvalue weighted by Crippen LogP contribution is -2.17. The van der Waals surface area contributed by atoms with E-state index in [0.717, 1.165) is 0 Å². The number of para-hydroxylation sites is 1. The highest BCUT2D eigenvalue weighted by molar-refractivity contribution is 5.97. The molecule has 0 aliphatic carbocycles. The number of amides is 1. The second-order valence-corrected chi connectivity index (χ2v) is 3.81. The molecule has 1 amide bonds. The Morgan fingerprint density at radius 3 is 2.63 bits per heavy atom. The molecule has 96 valence electrons. The van der Waals surface area contributed by atoms with Crippen LogP contribution in [0.4, 0.5) is 0 Å². The van der Waals surface area contributed by atoms with Gasteiger partial charge < -0.3 is 10.2 Å². The first kappa shape index (κ1) is 12.6. The normalized spacial score (nSPS) is 10.5. The van der Waals surface area contributed by atoms with Gasteiger partial charge >= 0.3 is 0 Å². The molecule has 0 radical (unpaired) electrons. The minimum absolute atomic E-state index is 0.104. The lowest BCUT2D eigenvalue weighted by molar-refractivity contribution is 0.0952. The van der Waals surface area contributed by atoms with Crippen LogP contribution in [0.1, 0.15) is 15.9 Å². The molecule has 0 bridgehead atoms. The van der Waals surface area contributed by atoms with E-state index in [-0.39, 0.29) is 17.1 Å². The molecular formula is C14H12N2O3. The van der Waals surface area contributed by atoms with Gasteiger partial charge in [-0.2, -0.15) is 5.10 Å². The van der Waals surface area contributed by atoms with Gasteiger partial charge in [-0.05, 0) is 29.8 Å². The quantitative estimate of drug-likeness (QED) is 0.579. The van der Waals surface area contributed by atoms with Gasteiger partial charge in [0.1, 0.15) is 11.5 Å². The van der Waals surface area contributed by atoms with Crippen molar-refractivity contribution in [2.75, 3.05) is 0 Å². The number of rotatable bonds is 3. The molecule has 0 aliphatic rings. The number of hydrogen-bond donors (Lipinski definition) is 3. The van der Waals surface area contributed by atoms with Crippen LogP contribution >= 0.6 is 0 Å². The van der Waals surface area contributed by atoms with Crippen LogP contribution in [0.15, 0.2) is 53.6 Å². The molecular weight excluding hydrogens is 244 g/mol. The van der Waals surface area contributed by atoms with Gasteiger partial charge in [0.05, 0.1) is 11.8 Å². The molecule has 5 nitrogen and oxygen atoms in total. The van der Waals surface area contributed by atoms with E-state index < -0.39 is 5.91 Å². The lowest BCUT2D eigenvalue weighted by atomic mass is 10.2. The van der Waals surface area contributed by atoms with Gasteiger partial charge in [0, 0.05) is 0 Å². The predicted octanol–water partition coefficient (Wildman–Crippen LogP) is 1.86. The summed E-state index contributed by atoms with van der Waals surface area (Å²) in [7, 11) is 0. The van der Waals surface area contributed by atoms with E-state index in [4.69, 9.17) is 0 Å². The Kier molecular flexibility index (Phi) is 3.78. The number of hydrazone groups is 1. The molecule has 3 N–H and O–H groups in total. The third-order valence-electron chi connectivity index (χ3n) is 2.40. The van der Waals surface area contributed by atoms with Crippen molar-refractivity contribution in [2.45, 2.75) is 0 Å². The largest absolute Gasteiger partial charge is 0.508 e. The van der Waals surface area contributed by atoms with Crippen molar-refractivity contribution < 1.29 is 15.0 Å². The zero-order chi connectivity index (χ0) is 13.7. The highest BCUT2D eigenvalue weighted by Crippen LogP contribution is 2.15. The second kappa shape index (κ2) is 5.68. The molecule has 0 spiro atoms. The Bertz CT molecular complexity index is 624. The molecule has 5 heteroatoms. The van der Waals surface area contributed by atoms with E-state index in [1.807, 2.05) is 0 Å². The molecule has 0 atom stereocenters. The maximum Gasteiger partial charge on any atom is 0.275 e. The lowest BCUT2D eigenvalue weighted by Gasteiger charge is -2.01. The molecule has 0 saturated heterocycles. The van der Waals surface area contributed by atoms with Crippen molar-refractivity contribution in [3.63, 3.8) is 0 Å². The van der Waals surface area contributed by atoms with Crippen LogP contribution in [0, 0.1) is 0 Å². The smallest absolute Gasteiger partial charge is 0.275 e. The number of carbonyl (C=O) groups excluding carboxylic acids is 1. The summed E-state index contributed by atoms with van der Waals surface area (Å²) < 4.78 is 0. The molecule has 0 aromatic heterocycles. The summed E-state index contributed by atoms with van der Waals surface area (Å²) in [5.41, 5.74) is 3.10. The number of aromatic hydroxyl groups is 2. The van der Waals surface area contributed by atoms with E-state index in [0.29, 0.717) is 5.56 Å². The van der Waals surface area contributed by atoms with Crippen molar-refractivity contribution in [1.29, 1.82) is 0 Å².